The van der Waals surface area contributed by atoms with E-state index in [0.29, 0.717) is 25.7 Å². The van der Waals surface area contributed by atoms with Crippen LogP contribution in [0, 0.1) is 10.8 Å². The zero-order chi connectivity index (χ0) is 31.4. The van der Waals surface area contributed by atoms with Gasteiger partial charge in [-0.05, 0) is 64.5 Å². The molecule has 1 aromatic rings. The van der Waals surface area contributed by atoms with Crippen LogP contribution in [0.15, 0.2) is 24.3 Å². The molecule has 0 N–H and O–H groups in total. The molecule has 1 aromatic carbocycles. The molecule has 0 heterocycles. The highest BCUT2D eigenvalue weighted by Crippen LogP contribution is 2.36. The van der Waals surface area contributed by atoms with Crippen molar-refractivity contribution in [2.45, 2.75) is 119 Å². The topological polar surface area (TPSA) is 105 Å². The molecule has 238 valence electrons. The predicted molar refractivity (Wildman–Crippen MR) is 163 cm³/mol. The fraction of sp³-hybridized carbons (Fsp3) is 0.706. The third-order valence-electron chi connectivity index (χ3n) is 7.61. The summed E-state index contributed by atoms with van der Waals surface area (Å²) in [6, 6.07) is 7.36. The highest BCUT2D eigenvalue weighted by molar-refractivity contribution is 6.01. The van der Waals surface area contributed by atoms with Gasteiger partial charge in [0.2, 0.25) is 0 Å². The molecule has 0 atom stereocenters. The van der Waals surface area contributed by atoms with Crippen molar-refractivity contribution in [1.29, 1.82) is 0 Å². The molecule has 0 amide bonds. The van der Waals surface area contributed by atoms with E-state index in [2.05, 4.69) is 13.8 Å². The summed E-state index contributed by atoms with van der Waals surface area (Å²) in [6.07, 6.45) is 8.22. The number of hydrogen-bond donors (Lipinski definition) is 0. The summed E-state index contributed by atoms with van der Waals surface area (Å²) < 4.78 is 21.6. The Morgan fingerprint density at radius 3 is 1.00 bits per heavy atom. The average molecular weight is 591 g/mol. The molecular formula is C34H54O8. The average Bonchev–Trinajstić information content (AvgIpc) is 2.97. The Morgan fingerprint density at radius 1 is 0.476 bits per heavy atom. The maximum atomic E-state index is 13.3. The number of hydrogen-bond acceptors (Lipinski definition) is 8. The highest BCUT2D eigenvalue weighted by Gasteiger charge is 2.49. The van der Waals surface area contributed by atoms with Gasteiger partial charge in [-0.2, -0.15) is 0 Å². The lowest BCUT2D eigenvalue weighted by atomic mass is 9.75. The van der Waals surface area contributed by atoms with Gasteiger partial charge in [-0.1, -0.05) is 89.5 Å². The van der Waals surface area contributed by atoms with Crippen molar-refractivity contribution in [3.63, 3.8) is 0 Å². The molecule has 8 heteroatoms. The summed E-state index contributed by atoms with van der Waals surface area (Å²) in [5.41, 5.74) is -1.37. The first kappa shape index (κ1) is 37.1. The first-order valence-corrected chi connectivity index (χ1v) is 16.0. The Labute approximate surface area is 253 Å². The SMILES string of the molecule is CCCCCCC(Cc1ccc(CC(CCCCCC)(C(=O)OCC)C(=O)OCC)cc1)(C(=O)OCC)C(=O)OCC. The lowest BCUT2D eigenvalue weighted by Crippen LogP contribution is -2.44. The van der Waals surface area contributed by atoms with Crippen molar-refractivity contribution in [2.75, 3.05) is 26.4 Å². The molecule has 0 saturated heterocycles. The van der Waals surface area contributed by atoms with Crippen LogP contribution in [0.5, 0.6) is 0 Å². The third kappa shape index (κ3) is 10.7. The third-order valence-corrected chi connectivity index (χ3v) is 7.61. The second-order valence-electron chi connectivity index (χ2n) is 10.8. The molecule has 0 fully saturated rings. The largest absolute Gasteiger partial charge is 0.465 e. The zero-order valence-corrected chi connectivity index (χ0v) is 26.9. The van der Waals surface area contributed by atoms with E-state index < -0.39 is 34.7 Å². The number of benzene rings is 1. The van der Waals surface area contributed by atoms with E-state index in [0.717, 1.165) is 49.7 Å². The second kappa shape index (κ2) is 20.1. The summed E-state index contributed by atoms with van der Waals surface area (Å²) in [5, 5.41) is 0. The van der Waals surface area contributed by atoms with E-state index in [1.54, 1.807) is 27.7 Å². The Bertz CT molecular complexity index is 840. The Kier molecular flexibility index (Phi) is 17.8. The molecule has 42 heavy (non-hydrogen) atoms. The zero-order valence-electron chi connectivity index (χ0n) is 26.9. The van der Waals surface area contributed by atoms with Crippen molar-refractivity contribution in [1.82, 2.24) is 0 Å². The van der Waals surface area contributed by atoms with Gasteiger partial charge in [-0.25, -0.2) is 0 Å². The van der Waals surface area contributed by atoms with Crippen LogP contribution in [-0.2, 0) is 51.0 Å². The first-order valence-electron chi connectivity index (χ1n) is 16.0. The Balaban J connectivity index is 3.41. The number of carbonyl (C=O) groups is 4. The molecule has 0 radical (unpaired) electrons. The smallest absolute Gasteiger partial charge is 0.323 e. The van der Waals surface area contributed by atoms with Crippen molar-refractivity contribution >= 4 is 23.9 Å². The lowest BCUT2D eigenvalue weighted by Gasteiger charge is -2.30. The minimum atomic E-state index is -1.44. The van der Waals surface area contributed by atoms with Crippen molar-refractivity contribution in [3.05, 3.63) is 35.4 Å². The molecule has 8 nitrogen and oxygen atoms in total. The second-order valence-corrected chi connectivity index (χ2v) is 10.8. The maximum absolute atomic E-state index is 13.3. The maximum Gasteiger partial charge on any atom is 0.323 e. The molecular weight excluding hydrogens is 536 g/mol. The minimum absolute atomic E-state index is 0.134. The van der Waals surface area contributed by atoms with Gasteiger partial charge in [0.25, 0.3) is 0 Å². The molecule has 0 aromatic heterocycles. The van der Waals surface area contributed by atoms with Gasteiger partial charge >= 0.3 is 23.9 Å². The van der Waals surface area contributed by atoms with E-state index in [1.807, 2.05) is 24.3 Å². The van der Waals surface area contributed by atoms with Crippen LogP contribution < -0.4 is 0 Å². The van der Waals surface area contributed by atoms with E-state index in [9.17, 15) is 19.2 Å². The molecule has 0 aliphatic heterocycles. The molecule has 0 aliphatic rings. The highest BCUT2D eigenvalue weighted by atomic mass is 16.6. The summed E-state index contributed by atoms with van der Waals surface area (Å²) in [7, 11) is 0. The van der Waals surface area contributed by atoms with Crippen LogP contribution in [0.1, 0.15) is 117 Å². The number of ether oxygens (including phenoxy) is 4. The molecule has 0 saturated carbocycles. The fourth-order valence-corrected chi connectivity index (χ4v) is 5.30. The normalized spacial score (nSPS) is 11.6. The van der Waals surface area contributed by atoms with Crippen LogP contribution in [0.3, 0.4) is 0 Å². The number of carbonyl (C=O) groups excluding carboxylic acids is 4. The van der Waals surface area contributed by atoms with Crippen molar-refractivity contribution in [2.24, 2.45) is 10.8 Å². The summed E-state index contributed by atoms with van der Waals surface area (Å²) in [6.45, 7) is 11.8. The van der Waals surface area contributed by atoms with Crippen LogP contribution >= 0.6 is 0 Å². The standard InChI is InChI=1S/C34H54O8/c1-7-13-15-17-23-33(29(35)39-9-3,30(36)40-10-4)25-27-19-21-28(22-20-27)26-34(31(37)41-11-5,32(38)42-12-6)24-18-16-14-8-2/h19-22H,7-18,23-26H2,1-6H3. The number of rotatable bonds is 22. The van der Waals surface area contributed by atoms with Gasteiger partial charge in [0.15, 0.2) is 10.8 Å². The number of esters is 4. The van der Waals surface area contributed by atoms with Crippen molar-refractivity contribution in [3.8, 4) is 0 Å². The van der Waals surface area contributed by atoms with Gasteiger partial charge in [-0.3, -0.25) is 19.2 Å². The van der Waals surface area contributed by atoms with Crippen LogP contribution in [0.25, 0.3) is 0 Å². The molecule has 0 unspecified atom stereocenters. The minimum Gasteiger partial charge on any atom is -0.465 e. The first-order chi connectivity index (χ1) is 20.2. The molecule has 1 rings (SSSR count). The van der Waals surface area contributed by atoms with E-state index in [1.165, 1.54) is 0 Å². The van der Waals surface area contributed by atoms with E-state index in [4.69, 9.17) is 18.9 Å². The summed E-state index contributed by atoms with van der Waals surface area (Å²) >= 11 is 0. The molecule has 0 spiro atoms. The predicted octanol–water partition coefficient (Wildman–Crippen LogP) is 6.94. The van der Waals surface area contributed by atoms with Gasteiger partial charge in [0.1, 0.15) is 0 Å². The summed E-state index contributed by atoms with van der Waals surface area (Å²) in [5.74, 6) is -2.28. The number of unbranched alkanes of at least 4 members (excludes halogenated alkanes) is 6. The van der Waals surface area contributed by atoms with Gasteiger partial charge in [0, 0.05) is 0 Å². The Morgan fingerprint density at radius 2 is 0.762 bits per heavy atom. The Hall–Kier alpha value is -2.90. The van der Waals surface area contributed by atoms with Gasteiger partial charge in [0.05, 0.1) is 26.4 Å². The lowest BCUT2D eigenvalue weighted by molar-refractivity contribution is -0.174. The fourth-order valence-electron chi connectivity index (χ4n) is 5.30. The van der Waals surface area contributed by atoms with Crippen LogP contribution in [0.2, 0.25) is 0 Å². The van der Waals surface area contributed by atoms with Crippen LogP contribution in [-0.4, -0.2) is 50.3 Å². The van der Waals surface area contributed by atoms with Crippen LogP contribution in [0.4, 0.5) is 0 Å². The molecule has 0 bridgehead atoms. The quantitative estimate of drug-likeness (QED) is 0.0619. The van der Waals surface area contributed by atoms with Gasteiger partial charge < -0.3 is 18.9 Å². The van der Waals surface area contributed by atoms with Gasteiger partial charge in [-0.15, -0.1) is 0 Å². The van der Waals surface area contributed by atoms with E-state index >= 15 is 0 Å². The van der Waals surface area contributed by atoms with E-state index in [-0.39, 0.29) is 39.3 Å². The monoisotopic (exact) mass is 590 g/mol. The van der Waals surface area contributed by atoms with Crippen molar-refractivity contribution < 1.29 is 38.1 Å². The summed E-state index contributed by atoms with van der Waals surface area (Å²) in [4.78, 5) is 53.2. The molecule has 0 aliphatic carbocycles.